The van der Waals surface area contributed by atoms with E-state index in [-0.39, 0.29) is 43.4 Å². The van der Waals surface area contributed by atoms with Gasteiger partial charge < -0.3 is 15.4 Å². The molecule has 0 saturated carbocycles. The van der Waals surface area contributed by atoms with Crippen LogP contribution in [0.3, 0.4) is 0 Å². The highest BCUT2D eigenvalue weighted by Gasteiger charge is 2.33. The quantitative estimate of drug-likeness (QED) is 0.641. The zero-order valence-corrected chi connectivity index (χ0v) is 16.0. The van der Waals surface area contributed by atoms with Crippen LogP contribution < -0.4 is 10.6 Å². The van der Waals surface area contributed by atoms with Gasteiger partial charge in [-0.2, -0.15) is 0 Å². The number of nitrogens with one attached hydrogen (secondary N) is 2. The van der Waals surface area contributed by atoms with Gasteiger partial charge in [-0.25, -0.2) is 8.78 Å². The summed E-state index contributed by atoms with van der Waals surface area (Å²) < 4.78 is 31.4. The van der Waals surface area contributed by atoms with Crippen LogP contribution in [0.4, 0.5) is 8.78 Å². The average molecular weight is 384 g/mol. The smallest absolute Gasteiger partial charge is 0.308 e. The Morgan fingerprint density at radius 1 is 1.22 bits per heavy atom. The van der Waals surface area contributed by atoms with E-state index in [0.717, 1.165) is 12.1 Å². The van der Waals surface area contributed by atoms with Crippen molar-refractivity contribution >= 4 is 17.8 Å². The summed E-state index contributed by atoms with van der Waals surface area (Å²) in [6.45, 7) is 7.42. The van der Waals surface area contributed by atoms with Crippen LogP contribution in [-0.4, -0.2) is 36.5 Å². The number of carbonyl (C=O) groups is 3. The molecule has 0 aromatic heterocycles. The lowest BCUT2D eigenvalue weighted by molar-refractivity contribution is -0.145. The first-order valence-electron chi connectivity index (χ1n) is 8.79. The van der Waals surface area contributed by atoms with Gasteiger partial charge in [-0.3, -0.25) is 14.4 Å². The van der Waals surface area contributed by atoms with Crippen molar-refractivity contribution in [2.24, 2.45) is 5.92 Å². The zero-order valence-electron chi connectivity index (χ0n) is 16.0. The Balaban J connectivity index is 2.57. The van der Waals surface area contributed by atoms with Crippen molar-refractivity contribution in [3.05, 3.63) is 35.4 Å². The lowest BCUT2D eigenvalue weighted by Gasteiger charge is -2.34. The van der Waals surface area contributed by atoms with Crippen LogP contribution >= 0.6 is 0 Å². The first kappa shape index (κ1) is 22.5. The first-order valence-corrected chi connectivity index (χ1v) is 8.79. The fourth-order valence-corrected chi connectivity index (χ4v) is 2.34. The lowest BCUT2D eigenvalue weighted by atomic mass is 9.85. The van der Waals surface area contributed by atoms with Crippen molar-refractivity contribution in [1.29, 1.82) is 0 Å². The number of halogens is 2. The van der Waals surface area contributed by atoms with Gasteiger partial charge in [0.05, 0.1) is 18.6 Å². The predicted octanol–water partition coefficient (Wildman–Crippen LogP) is 2.57. The largest absolute Gasteiger partial charge is 0.466 e. The number of hydrogen-bond acceptors (Lipinski definition) is 4. The number of amides is 2. The molecule has 0 aliphatic rings. The number of benzene rings is 1. The molecule has 0 bridgehead atoms. The molecule has 0 aliphatic heterocycles. The molecule has 1 aromatic carbocycles. The highest BCUT2D eigenvalue weighted by molar-refractivity contribution is 5.94. The van der Waals surface area contributed by atoms with Crippen LogP contribution in [0.25, 0.3) is 0 Å². The summed E-state index contributed by atoms with van der Waals surface area (Å²) in [5, 5.41) is 5.21. The van der Waals surface area contributed by atoms with E-state index < -0.39 is 29.0 Å². The van der Waals surface area contributed by atoms with Crippen LogP contribution in [0.1, 0.15) is 50.9 Å². The van der Waals surface area contributed by atoms with Gasteiger partial charge in [0.2, 0.25) is 5.91 Å². The second-order valence-corrected chi connectivity index (χ2v) is 6.73. The molecule has 0 aliphatic carbocycles. The standard InChI is InChI=1S/C19H26F2N2O4/c1-5-27-17(25)11-19(4,12(2)3)23-16(24)8-9-22-18(26)14-7-6-13(20)10-15(14)21/h6-7,10,12H,5,8-9,11H2,1-4H3,(H,22,26)(H,23,24)/t19-/m0/s1. The molecule has 0 heterocycles. The lowest BCUT2D eigenvalue weighted by Crippen LogP contribution is -2.52. The van der Waals surface area contributed by atoms with E-state index in [4.69, 9.17) is 4.74 Å². The molecular weight excluding hydrogens is 358 g/mol. The Hall–Kier alpha value is -2.51. The molecule has 0 saturated heterocycles. The molecule has 1 atom stereocenters. The number of ether oxygens (including phenoxy) is 1. The van der Waals surface area contributed by atoms with Crippen LogP contribution in [0.2, 0.25) is 0 Å². The highest BCUT2D eigenvalue weighted by atomic mass is 19.1. The molecular formula is C19H26F2N2O4. The van der Waals surface area contributed by atoms with E-state index in [1.807, 2.05) is 13.8 Å². The third-order valence-corrected chi connectivity index (χ3v) is 4.33. The molecule has 2 amide bonds. The topological polar surface area (TPSA) is 84.5 Å². The highest BCUT2D eigenvalue weighted by Crippen LogP contribution is 2.21. The molecule has 0 unspecified atom stereocenters. The summed E-state index contributed by atoms with van der Waals surface area (Å²) in [7, 11) is 0. The monoisotopic (exact) mass is 384 g/mol. The van der Waals surface area contributed by atoms with Gasteiger partial charge in [0.1, 0.15) is 11.6 Å². The minimum Gasteiger partial charge on any atom is -0.466 e. The number of hydrogen-bond donors (Lipinski definition) is 2. The molecule has 1 aromatic rings. The molecule has 0 spiro atoms. The maximum atomic E-state index is 13.6. The Labute approximate surface area is 157 Å². The average Bonchev–Trinajstić information content (AvgIpc) is 2.54. The van der Waals surface area contributed by atoms with E-state index in [0.29, 0.717) is 6.07 Å². The molecule has 27 heavy (non-hydrogen) atoms. The summed E-state index contributed by atoms with van der Waals surface area (Å²) >= 11 is 0. The molecule has 6 nitrogen and oxygen atoms in total. The SMILES string of the molecule is CCOC(=O)C[C@](C)(NC(=O)CCNC(=O)c1ccc(F)cc1F)C(C)C. The van der Waals surface area contributed by atoms with E-state index in [9.17, 15) is 23.2 Å². The van der Waals surface area contributed by atoms with Gasteiger partial charge in [0.25, 0.3) is 5.91 Å². The maximum absolute atomic E-state index is 13.6. The Morgan fingerprint density at radius 2 is 1.89 bits per heavy atom. The molecule has 150 valence electrons. The fourth-order valence-electron chi connectivity index (χ4n) is 2.34. The van der Waals surface area contributed by atoms with Crippen LogP contribution in [0.15, 0.2) is 18.2 Å². The number of carbonyl (C=O) groups excluding carboxylic acids is 3. The third-order valence-electron chi connectivity index (χ3n) is 4.33. The van der Waals surface area contributed by atoms with Gasteiger partial charge in [-0.15, -0.1) is 0 Å². The molecule has 1 rings (SSSR count). The summed E-state index contributed by atoms with van der Waals surface area (Å²) in [4.78, 5) is 35.9. The van der Waals surface area contributed by atoms with Crippen LogP contribution in [-0.2, 0) is 14.3 Å². The van der Waals surface area contributed by atoms with Gasteiger partial charge in [-0.05, 0) is 31.9 Å². The summed E-state index contributed by atoms with van der Waals surface area (Å²) in [6, 6.07) is 2.63. The van der Waals surface area contributed by atoms with Crippen molar-refractivity contribution < 1.29 is 27.9 Å². The second kappa shape index (κ2) is 9.99. The van der Waals surface area contributed by atoms with Crippen LogP contribution in [0.5, 0.6) is 0 Å². The molecule has 0 fully saturated rings. The molecule has 0 radical (unpaired) electrons. The number of rotatable bonds is 9. The summed E-state index contributed by atoms with van der Waals surface area (Å²) in [5.74, 6) is -3.30. The van der Waals surface area contributed by atoms with Crippen molar-refractivity contribution in [3.8, 4) is 0 Å². The van der Waals surface area contributed by atoms with Gasteiger partial charge in [0, 0.05) is 24.6 Å². The Kier molecular flexibility index (Phi) is 8.33. The first-order chi connectivity index (χ1) is 12.6. The molecule has 2 N–H and O–H groups in total. The van der Waals surface area contributed by atoms with E-state index in [2.05, 4.69) is 10.6 Å². The summed E-state index contributed by atoms with van der Waals surface area (Å²) in [5.41, 5.74) is -1.10. The second-order valence-electron chi connectivity index (χ2n) is 6.73. The van der Waals surface area contributed by atoms with Crippen molar-refractivity contribution in [3.63, 3.8) is 0 Å². The maximum Gasteiger partial charge on any atom is 0.308 e. The fraction of sp³-hybridized carbons (Fsp3) is 0.526. The third kappa shape index (κ3) is 6.96. The Bertz CT molecular complexity index is 694. The van der Waals surface area contributed by atoms with Gasteiger partial charge in [0.15, 0.2) is 0 Å². The van der Waals surface area contributed by atoms with E-state index in [1.165, 1.54) is 0 Å². The van der Waals surface area contributed by atoms with E-state index in [1.54, 1.807) is 13.8 Å². The summed E-state index contributed by atoms with van der Waals surface area (Å²) in [6.07, 6.45) is -0.0307. The number of esters is 1. The van der Waals surface area contributed by atoms with Crippen molar-refractivity contribution in [2.75, 3.05) is 13.2 Å². The molecule has 8 heteroatoms. The minimum atomic E-state index is -0.973. The minimum absolute atomic E-state index is 0.0252. The zero-order chi connectivity index (χ0) is 20.6. The van der Waals surface area contributed by atoms with Crippen molar-refractivity contribution in [1.82, 2.24) is 10.6 Å². The van der Waals surface area contributed by atoms with Crippen molar-refractivity contribution in [2.45, 2.75) is 46.1 Å². The van der Waals surface area contributed by atoms with Gasteiger partial charge in [-0.1, -0.05) is 13.8 Å². The van der Waals surface area contributed by atoms with Crippen LogP contribution in [0, 0.1) is 17.6 Å². The van der Waals surface area contributed by atoms with E-state index >= 15 is 0 Å². The van der Waals surface area contributed by atoms with Gasteiger partial charge >= 0.3 is 5.97 Å². The normalized spacial score (nSPS) is 13.0. The predicted molar refractivity (Wildman–Crippen MR) is 95.9 cm³/mol. The Morgan fingerprint density at radius 3 is 2.44 bits per heavy atom.